The van der Waals surface area contributed by atoms with E-state index in [0.29, 0.717) is 18.0 Å². The fraction of sp³-hybridized carbons (Fsp3) is 0.444. The Hall–Kier alpha value is -2.01. The molecule has 1 atom stereocenters. The highest BCUT2D eigenvalue weighted by Crippen LogP contribution is 2.28. The fourth-order valence-corrected chi connectivity index (χ4v) is 2.75. The van der Waals surface area contributed by atoms with Crippen molar-refractivity contribution in [3.63, 3.8) is 0 Å². The molecule has 6 heteroatoms. The molecule has 1 aliphatic heterocycles. The minimum atomic E-state index is -0.671. The first-order valence-corrected chi connectivity index (χ1v) is 8.10. The van der Waals surface area contributed by atoms with Crippen LogP contribution in [0.1, 0.15) is 32.8 Å². The number of benzene rings is 1. The normalized spacial score (nSPS) is 19.5. The van der Waals surface area contributed by atoms with Gasteiger partial charge in [0, 0.05) is 18.0 Å². The molecule has 0 aromatic heterocycles. The quantitative estimate of drug-likeness (QED) is 0.758. The summed E-state index contributed by atoms with van der Waals surface area (Å²) in [7, 11) is 1.31. The van der Waals surface area contributed by atoms with Crippen LogP contribution in [0.5, 0.6) is 0 Å². The number of hydrogen-bond donors (Lipinski definition) is 0. The molecular weight excluding hydrogens is 330 g/mol. The predicted molar refractivity (Wildman–Crippen MR) is 92.8 cm³/mol. The van der Waals surface area contributed by atoms with Gasteiger partial charge < -0.3 is 9.47 Å². The Morgan fingerprint density at radius 2 is 2.04 bits per heavy atom. The standard InChI is InChI=1S/C18H22ClNO4/c1-18(2,3)24-17(22)20-11-13(10-15(20)16(21)23-4)8-12-6-5-7-14(19)9-12/h5-9,15H,10-11H2,1-4H3/b13-8+/t15-/m0/s1. The van der Waals surface area contributed by atoms with Crippen molar-refractivity contribution < 1.29 is 19.1 Å². The zero-order valence-corrected chi connectivity index (χ0v) is 15.1. The third-order valence-corrected chi connectivity index (χ3v) is 3.76. The topological polar surface area (TPSA) is 55.8 Å². The first-order valence-electron chi connectivity index (χ1n) is 7.72. The molecule has 1 heterocycles. The third-order valence-electron chi connectivity index (χ3n) is 3.53. The van der Waals surface area contributed by atoms with E-state index < -0.39 is 23.7 Å². The van der Waals surface area contributed by atoms with Crippen LogP contribution in [0.4, 0.5) is 4.79 Å². The van der Waals surface area contributed by atoms with Crippen molar-refractivity contribution >= 4 is 29.7 Å². The summed E-state index contributed by atoms with van der Waals surface area (Å²) >= 11 is 6.00. The van der Waals surface area contributed by atoms with Gasteiger partial charge in [0.1, 0.15) is 11.6 Å². The highest BCUT2D eigenvalue weighted by molar-refractivity contribution is 6.30. The summed E-state index contributed by atoms with van der Waals surface area (Å²) in [6.07, 6.45) is 1.83. The number of carbonyl (C=O) groups excluding carboxylic acids is 2. The van der Waals surface area contributed by atoms with Gasteiger partial charge in [0.15, 0.2) is 0 Å². The van der Waals surface area contributed by atoms with Crippen molar-refractivity contribution in [3.05, 3.63) is 40.4 Å². The molecule has 0 N–H and O–H groups in total. The van der Waals surface area contributed by atoms with Crippen LogP contribution in [0.2, 0.25) is 5.02 Å². The summed E-state index contributed by atoms with van der Waals surface area (Å²) in [5, 5.41) is 0.635. The van der Waals surface area contributed by atoms with Crippen LogP contribution >= 0.6 is 11.6 Å². The molecule has 0 aliphatic carbocycles. The smallest absolute Gasteiger partial charge is 0.411 e. The first kappa shape index (κ1) is 18.3. The number of rotatable bonds is 2. The van der Waals surface area contributed by atoms with E-state index in [0.717, 1.165) is 11.1 Å². The average Bonchev–Trinajstić information content (AvgIpc) is 2.88. The molecule has 1 saturated heterocycles. The molecule has 1 aliphatic rings. The maximum Gasteiger partial charge on any atom is 0.411 e. The molecular formula is C18H22ClNO4. The monoisotopic (exact) mass is 351 g/mol. The molecule has 130 valence electrons. The number of nitrogens with zero attached hydrogens (tertiary/aromatic N) is 1. The van der Waals surface area contributed by atoms with E-state index in [4.69, 9.17) is 21.1 Å². The number of esters is 1. The lowest BCUT2D eigenvalue weighted by atomic mass is 10.1. The van der Waals surface area contributed by atoms with Crippen LogP contribution in [0.25, 0.3) is 6.08 Å². The van der Waals surface area contributed by atoms with Gasteiger partial charge in [-0.25, -0.2) is 9.59 Å². The molecule has 0 spiro atoms. The lowest BCUT2D eigenvalue weighted by molar-refractivity contribution is -0.145. The maximum atomic E-state index is 12.4. The van der Waals surface area contributed by atoms with Crippen molar-refractivity contribution in [2.45, 2.75) is 38.8 Å². The van der Waals surface area contributed by atoms with Crippen molar-refractivity contribution in [1.82, 2.24) is 4.90 Å². The van der Waals surface area contributed by atoms with E-state index >= 15 is 0 Å². The minimum Gasteiger partial charge on any atom is -0.467 e. The van der Waals surface area contributed by atoms with Crippen LogP contribution in [0.3, 0.4) is 0 Å². The Morgan fingerprint density at radius 1 is 1.33 bits per heavy atom. The SMILES string of the molecule is COC(=O)[C@@H]1C/C(=C\c2cccc(Cl)c2)CN1C(=O)OC(C)(C)C. The first-order chi connectivity index (χ1) is 11.2. The number of likely N-dealkylation sites (tertiary alicyclic amines) is 1. The van der Waals surface area contributed by atoms with Crippen LogP contribution in [-0.2, 0) is 14.3 Å². The lowest BCUT2D eigenvalue weighted by Gasteiger charge is -2.27. The number of carbonyl (C=O) groups is 2. The highest BCUT2D eigenvalue weighted by Gasteiger charge is 2.39. The number of methoxy groups -OCH3 is 1. The van der Waals surface area contributed by atoms with Crippen molar-refractivity contribution in [1.29, 1.82) is 0 Å². The summed E-state index contributed by atoms with van der Waals surface area (Å²) in [5.41, 5.74) is 1.24. The lowest BCUT2D eigenvalue weighted by Crippen LogP contribution is -2.43. The largest absolute Gasteiger partial charge is 0.467 e. The minimum absolute atomic E-state index is 0.321. The van der Waals surface area contributed by atoms with E-state index in [2.05, 4.69) is 0 Å². The van der Waals surface area contributed by atoms with E-state index in [1.54, 1.807) is 26.8 Å². The van der Waals surface area contributed by atoms with Crippen LogP contribution in [0.15, 0.2) is 29.8 Å². The Morgan fingerprint density at radius 3 is 2.62 bits per heavy atom. The number of ether oxygens (including phenoxy) is 2. The van der Waals surface area contributed by atoms with Gasteiger partial charge in [0.05, 0.1) is 7.11 Å². The maximum absolute atomic E-state index is 12.4. The second-order valence-electron chi connectivity index (χ2n) is 6.71. The van der Waals surface area contributed by atoms with E-state index in [-0.39, 0.29) is 0 Å². The zero-order valence-electron chi connectivity index (χ0n) is 14.3. The second-order valence-corrected chi connectivity index (χ2v) is 7.15. The Kier molecular flexibility index (Phi) is 5.54. The summed E-state index contributed by atoms with van der Waals surface area (Å²) < 4.78 is 10.2. The number of hydrogen-bond acceptors (Lipinski definition) is 4. The van der Waals surface area contributed by atoms with E-state index in [1.165, 1.54) is 12.0 Å². The van der Waals surface area contributed by atoms with Gasteiger partial charge >= 0.3 is 12.1 Å². The molecule has 0 unspecified atom stereocenters. The average molecular weight is 352 g/mol. The summed E-state index contributed by atoms with van der Waals surface area (Å²) in [6, 6.07) is 6.73. The van der Waals surface area contributed by atoms with Gasteiger partial charge in [-0.15, -0.1) is 0 Å². The Labute approximate surface area is 147 Å². The zero-order chi connectivity index (χ0) is 17.9. The number of amides is 1. The van der Waals surface area contributed by atoms with Crippen molar-refractivity contribution in [2.75, 3.05) is 13.7 Å². The summed E-state index contributed by atoms with van der Waals surface area (Å²) in [4.78, 5) is 25.8. The second kappa shape index (κ2) is 7.26. The third kappa shape index (κ3) is 4.74. The van der Waals surface area contributed by atoms with Crippen molar-refractivity contribution in [2.24, 2.45) is 0 Å². The summed E-state index contributed by atoms with van der Waals surface area (Å²) in [5.74, 6) is -0.449. The van der Waals surface area contributed by atoms with Crippen LogP contribution < -0.4 is 0 Å². The van der Waals surface area contributed by atoms with E-state index in [1.807, 2.05) is 24.3 Å². The van der Waals surface area contributed by atoms with Gasteiger partial charge in [0.2, 0.25) is 0 Å². The molecule has 1 aromatic carbocycles. The van der Waals surface area contributed by atoms with Gasteiger partial charge in [0.25, 0.3) is 0 Å². The molecule has 0 bridgehead atoms. The number of halogens is 1. The molecule has 1 fully saturated rings. The van der Waals surface area contributed by atoms with Crippen LogP contribution in [0, 0.1) is 0 Å². The molecule has 1 aromatic rings. The van der Waals surface area contributed by atoms with E-state index in [9.17, 15) is 9.59 Å². The van der Waals surface area contributed by atoms with Gasteiger partial charge in [-0.3, -0.25) is 4.90 Å². The predicted octanol–water partition coefficient (Wildman–Crippen LogP) is 3.91. The van der Waals surface area contributed by atoms with Gasteiger partial charge in [-0.1, -0.05) is 29.8 Å². The van der Waals surface area contributed by atoms with Crippen LogP contribution in [-0.4, -0.2) is 42.3 Å². The van der Waals surface area contributed by atoms with Gasteiger partial charge in [-0.2, -0.15) is 0 Å². The molecule has 2 rings (SSSR count). The Bertz CT molecular complexity index is 663. The molecule has 24 heavy (non-hydrogen) atoms. The summed E-state index contributed by atoms with van der Waals surface area (Å²) in [6.45, 7) is 5.69. The van der Waals surface area contributed by atoms with Gasteiger partial charge in [-0.05, 0) is 44.0 Å². The molecule has 1 amide bonds. The Balaban J connectivity index is 2.23. The van der Waals surface area contributed by atoms with Crippen molar-refractivity contribution in [3.8, 4) is 0 Å². The highest BCUT2D eigenvalue weighted by atomic mass is 35.5. The fourth-order valence-electron chi connectivity index (χ4n) is 2.55. The molecule has 0 saturated carbocycles. The molecule has 0 radical (unpaired) electrons. The molecule has 5 nitrogen and oxygen atoms in total.